The van der Waals surface area contributed by atoms with Crippen LogP contribution in [0.4, 0.5) is 4.79 Å². The first kappa shape index (κ1) is 30.1. The molecule has 1 unspecified atom stereocenters. The van der Waals surface area contributed by atoms with Gasteiger partial charge < -0.3 is 24.2 Å². The molecule has 2 aliphatic heterocycles. The van der Waals surface area contributed by atoms with Crippen LogP contribution >= 0.6 is 0 Å². The van der Waals surface area contributed by atoms with Crippen molar-refractivity contribution in [3.63, 3.8) is 0 Å². The molecule has 0 aromatic heterocycles. The molecule has 10 nitrogen and oxygen atoms in total. The van der Waals surface area contributed by atoms with Crippen molar-refractivity contribution in [2.75, 3.05) is 6.54 Å². The molecule has 226 valence electrons. The van der Waals surface area contributed by atoms with Crippen molar-refractivity contribution in [2.24, 2.45) is 0 Å². The van der Waals surface area contributed by atoms with E-state index in [-0.39, 0.29) is 56.4 Å². The number of carbonyl (C=O) groups excluding carboxylic acids is 3. The number of benzene rings is 3. The fourth-order valence-electron chi connectivity index (χ4n) is 4.93. The number of hydrogen-bond acceptors (Lipinski definition) is 7. The van der Waals surface area contributed by atoms with Crippen molar-refractivity contribution in [1.29, 1.82) is 0 Å². The Morgan fingerprint density at radius 2 is 1.41 bits per heavy atom. The van der Waals surface area contributed by atoms with E-state index >= 15 is 0 Å². The first-order chi connectivity index (χ1) is 21.4. The maximum Gasteiger partial charge on any atom is 0.410 e. The fourth-order valence-corrected chi connectivity index (χ4v) is 4.93. The van der Waals surface area contributed by atoms with E-state index in [1.54, 1.807) is 36.4 Å². The van der Waals surface area contributed by atoms with E-state index < -0.39 is 30.3 Å². The third-order valence-corrected chi connectivity index (χ3v) is 7.23. The summed E-state index contributed by atoms with van der Waals surface area (Å²) in [7, 11) is 0. The molecule has 0 spiro atoms. The van der Waals surface area contributed by atoms with Crippen molar-refractivity contribution < 1.29 is 38.5 Å². The van der Waals surface area contributed by atoms with Crippen LogP contribution in [0.3, 0.4) is 0 Å². The number of aliphatic carboxylic acids is 1. The molecule has 0 radical (unpaired) electrons. The predicted octanol–water partition coefficient (Wildman–Crippen LogP) is 4.81. The van der Waals surface area contributed by atoms with Gasteiger partial charge in [-0.25, -0.2) is 14.4 Å². The Bertz CT molecular complexity index is 1540. The Hall–Kier alpha value is -5.38. The van der Waals surface area contributed by atoms with Gasteiger partial charge in [-0.1, -0.05) is 103 Å². The number of hydrogen-bond donors (Lipinski definition) is 1. The van der Waals surface area contributed by atoms with Gasteiger partial charge in [-0.15, -0.1) is 0 Å². The lowest BCUT2D eigenvalue weighted by Gasteiger charge is -2.33. The minimum Gasteiger partial charge on any atom is -0.478 e. The Balaban J connectivity index is 1.29. The Morgan fingerprint density at radius 3 is 1.98 bits per heavy atom. The summed E-state index contributed by atoms with van der Waals surface area (Å²) in [5, 5.41) is 10.1. The van der Waals surface area contributed by atoms with E-state index in [9.17, 15) is 24.3 Å². The molecule has 2 fully saturated rings. The highest BCUT2D eigenvalue weighted by molar-refractivity contribution is 5.95. The number of amides is 2. The highest BCUT2D eigenvalue weighted by Gasteiger charge is 2.55. The highest BCUT2D eigenvalue weighted by Crippen LogP contribution is 2.39. The number of esters is 1. The predicted molar refractivity (Wildman–Crippen MR) is 158 cm³/mol. The van der Waals surface area contributed by atoms with Gasteiger partial charge >= 0.3 is 18.0 Å². The largest absolute Gasteiger partial charge is 0.478 e. The van der Waals surface area contributed by atoms with Crippen molar-refractivity contribution in [1.82, 2.24) is 9.80 Å². The summed E-state index contributed by atoms with van der Waals surface area (Å²) in [5.41, 5.74) is 2.33. The number of nitrogens with zero attached hydrogens (tertiary/aromatic N) is 2. The number of rotatable bonds is 12. The normalized spacial score (nSPS) is 18.2. The number of allylic oxidation sites excluding steroid dienone is 1. The molecule has 2 aliphatic rings. The Morgan fingerprint density at radius 1 is 0.841 bits per heavy atom. The maximum atomic E-state index is 13.1. The summed E-state index contributed by atoms with van der Waals surface area (Å²) in [4.78, 5) is 53.5. The molecule has 44 heavy (non-hydrogen) atoms. The van der Waals surface area contributed by atoms with Gasteiger partial charge in [-0.05, 0) is 16.7 Å². The van der Waals surface area contributed by atoms with Crippen LogP contribution in [0.1, 0.15) is 29.5 Å². The molecule has 5 rings (SSSR count). The molecule has 2 heterocycles. The van der Waals surface area contributed by atoms with Gasteiger partial charge in [-0.2, -0.15) is 0 Å². The van der Waals surface area contributed by atoms with Crippen molar-refractivity contribution in [2.45, 2.75) is 44.9 Å². The average Bonchev–Trinajstić information content (AvgIpc) is 3.35. The molecule has 10 heteroatoms. The minimum atomic E-state index is -1.29. The van der Waals surface area contributed by atoms with E-state index in [2.05, 4.69) is 0 Å². The van der Waals surface area contributed by atoms with Gasteiger partial charge in [0.25, 0.3) is 0 Å². The van der Waals surface area contributed by atoms with E-state index in [0.29, 0.717) is 0 Å². The second-order valence-electron chi connectivity index (χ2n) is 10.3. The summed E-state index contributed by atoms with van der Waals surface area (Å²) >= 11 is 0. The standard InChI is InChI=1S/C34H32N2O8/c37-28-20-29-36(28)30(33(40)42-22-25-14-6-2-7-15-25)31(44-29)27(32(38)39)18-10-11-19-35(21-24-12-4-1-5-13-24)34(41)43-23-26-16-8-3-9-17-26/h1-17,29-30H,18-23H2,(H,38,39)/b11-10+,31-27+/t29-,30?/m1/s1. The van der Waals surface area contributed by atoms with Crippen LogP contribution in [0.15, 0.2) is 114 Å². The average molecular weight is 597 g/mol. The van der Waals surface area contributed by atoms with Gasteiger partial charge in [-0.3, -0.25) is 9.69 Å². The van der Waals surface area contributed by atoms with Crippen LogP contribution in [-0.4, -0.2) is 57.7 Å². The summed E-state index contributed by atoms with van der Waals surface area (Å²) in [6.45, 7) is 0.500. The zero-order chi connectivity index (χ0) is 30.9. The summed E-state index contributed by atoms with van der Waals surface area (Å²) in [5.74, 6) is -2.49. The number of β-lactam (4-membered cyclic amide) rings is 1. The maximum absolute atomic E-state index is 13.1. The number of carboxylic acids is 1. The number of carboxylic acid groups (broad SMARTS) is 1. The number of ether oxygens (including phenoxy) is 3. The van der Waals surface area contributed by atoms with Gasteiger partial charge in [0, 0.05) is 19.5 Å². The number of fused-ring (bicyclic) bond motifs is 1. The molecule has 2 saturated heterocycles. The SMILES string of the molecule is O=C(O)/C(C/C=C/CN(Cc1ccccc1)C(=O)OCc1ccccc1)=C1/O[C@@H]2CC(=O)N2C1C(=O)OCc1ccccc1. The van der Waals surface area contributed by atoms with Crippen LogP contribution < -0.4 is 0 Å². The first-order valence-corrected chi connectivity index (χ1v) is 14.2. The van der Waals surface area contributed by atoms with Crippen molar-refractivity contribution >= 4 is 23.9 Å². The smallest absolute Gasteiger partial charge is 0.410 e. The zero-order valence-corrected chi connectivity index (χ0v) is 23.9. The van der Waals surface area contributed by atoms with Gasteiger partial charge in [0.1, 0.15) is 19.0 Å². The van der Waals surface area contributed by atoms with Crippen LogP contribution in [0.25, 0.3) is 0 Å². The summed E-state index contributed by atoms with van der Waals surface area (Å²) in [6, 6.07) is 26.5. The van der Waals surface area contributed by atoms with Crippen LogP contribution in [0.2, 0.25) is 0 Å². The molecule has 2 atom stereocenters. The molecule has 0 bridgehead atoms. The molecular formula is C34H32N2O8. The van der Waals surface area contributed by atoms with Gasteiger partial charge in [0.05, 0.1) is 12.0 Å². The second kappa shape index (κ2) is 14.2. The second-order valence-corrected chi connectivity index (χ2v) is 10.3. The summed E-state index contributed by atoms with van der Waals surface area (Å²) < 4.78 is 16.8. The molecule has 0 saturated carbocycles. The zero-order valence-electron chi connectivity index (χ0n) is 23.9. The van der Waals surface area contributed by atoms with Crippen molar-refractivity contribution in [3.05, 3.63) is 131 Å². The Labute approximate surface area is 254 Å². The van der Waals surface area contributed by atoms with Gasteiger partial charge in [0.15, 0.2) is 12.3 Å². The molecular weight excluding hydrogens is 564 g/mol. The van der Waals surface area contributed by atoms with Crippen LogP contribution in [0, 0.1) is 0 Å². The summed E-state index contributed by atoms with van der Waals surface area (Å²) in [6.07, 6.45) is 1.95. The number of carbonyl (C=O) groups is 4. The minimum absolute atomic E-state index is 0.0317. The first-order valence-electron chi connectivity index (χ1n) is 14.2. The molecule has 1 N–H and O–H groups in total. The quantitative estimate of drug-likeness (QED) is 0.137. The van der Waals surface area contributed by atoms with Crippen LogP contribution in [0.5, 0.6) is 0 Å². The fraction of sp³-hybridized carbons (Fsp3) is 0.235. The molecule has 3 aromatic rings. The van der Waals surface area contributed by atoms with E-state index in [1.165, 1.54) is 9.80 Å². The third kappa shape index (κ3) is 7.33. The lowest BCUT2D eigenvalue weighted by Crippen LogP contribution is -2.55. The highest BCUT2D eigenvalue weighted by atomic mass is 16.6. The van der Waals surface area contributed by atoms with Crippen LogP contribution in [-0.2, 0) is 48.4 Å². The molecule has 0 aliphatic carbocycles. The van der Waals surface area contributed by atoms with E-state index in [4.69, 9.17) is 14.2 Å². The third-order valence-electron chi connectivity index (χ3n) is 7.23. The molecule has 2 amide bonds. The topological polar surface area (TPSA) is 123 Å². The van der Waals surface area contributed by atoms with E-state index in [0.717, 1.165) is 16.7 Å². The van der Waals surface area contributed by atoms with E-state index in [1.807, 2.05) is 66.7 Å². The van der Waals surface area contributed by atoms with Gasteiger partial charge in [0.2, 0.25) is 5.91 Å². The monoisotopic (exact) mass is 596 g/mol. The Kier molecular flexibility index (Phi) is 9.71. The molecule has 3 aromatic carbocycles. The lowest BCUT2D eigenvalue weighted by atomic mass is 10.0. The lowest BCUT2D eigenvalue weighted by molar-refractivity contribution is -0.166. The van der Waals surface area contributed by atoms with Crippen molar-refractivity contribution in [3.8, 4) is 0 Å².